The van der Waals surface area contributed by atoms with Crippen LogP contribution >= 0.6 is 38.9 Å². The molecule has 16 heavy (non-hydrogen) atoms. The fraction of sp³-hybridized carbons (Fsp3) is 0.182. The number of aliphatic hydroxyl groups is 1. The molecule has 84 valence electrons. The Morgan fingerprint density at radius 1 is 1.50 bits per heavy atom. The van der Waals surface area contributed by atoms with Gasteiger partial charge in [-0.15, -0.1) is 11.3 Å². The van der Waals surface area contributed by atoms with Crippen molar-refractivity contribution in [1.29, 1.82) is 0 Å². The van der Waals surface area contributed by atoms with Crippen molar-refractivity contribution in [2.45, 2.75) is 12.5 Å². The van der Waals surface area contributed by atoms with E-state index in [2.05, 4.69) is 20.9 Å². The Bertz CT molecular complexity index is 488. The fourth-order valence-electron chi connectivity index (χ4n) is 1.39. The molecule has 0 saturated carbocycles. The molecule has 0 aromatic carbocycles. The molecule has 5 heteroatoms. The summed E-state index contributed by atoms with van der Waals surface area (Å²) in [5, 5.41) is 12.4. The number of pyridine rings is 1. The van der Waals surface area contributed by atoms with Gasteiger partial charge in [-0.3, -0.25) is 0 Å². The molecule has 2 aromatic heterocycles. The molecule has 2 rings (SSSR count). The highest BCUT2D eigenvalue weighted by Gasteiger charge is 2.12. The average molecular weight is 319 g/mol. The number of aromatic nitrogens is 1. The molecular formula is C11H9BrClNOS. The number of halogens is 2. The van der Waals surface area contributed by atoms with Gasteiger partial charge in [0.1, 0.15) is 5.15 Å². The van der Waals surface area contributed by atoms with E-state index in [-0.39, 0.29) is 0 Å². The molecule has 0 fully saturated rings. The quantitative estimate of drug-likeness (QED) is 0.872. The van der Waals surface area contributed by atoms with Gasteiger partial charge in [0, 0.05) is 22.0 Å². The largest absolute Gasteiger partial charge is 0.388 e. The summed E-state index contributed by atoms with van der Waals surface area (Å²) in [5.74, 6) is 0. The minimum Gasteiger partial charge on any atom is -0.388 e. The van der Waals surface area contributed by atoms with Gasteiger partial charge in [0.2, 0.25) is 0 Å². The van der Waals surface area contributed by atoms with Crippen molar-refractivity contribution in [2.24, 2.45) is 0 Å². The highest BCUT2D eigenvalue weighted by Crippen LogP contribution is 2.28. The van der Waals surface area contributed by atoms with E-state index in [9.17, 15) is 5.11 Å². The van der Waals surface area contributed by atoms with Crippen molar-refractivity contribution < 1.29 is 5.11 Å². The normalized spacial score (nSPS) is 12.7. The van der Waals surface area contributed by atoms with Gasteiger partial charge >= 0.3 is 0 Å². The first-order valence-corrected chi connectivity index (χ1v) is 6.73. The van der Waals surface area contributed by atoms with Gasteiger partial charge in [0.05, 0.1) is 6.10 Å². The first-order valence-electron chi connectivity index (χ1n) is 4.68. The first-order chi connectivity index (χ1) is 7.66. The van der Waals surface area contributed by atoms with Gasteiger partial charge in [-0.1, -0.05) is 11.6 Å². The van der Waals surface area contributed by atoms with E-state index in [1.165, 1.54) is 0 Å². The van der Waals surface area contributed by atoms with Gasteiger partial charge in [-0.2, -0.15) is 0 Å². The zero-order chi connectivity index (χ0) is 11.5. The molecule has 1 atom stereocenters. The Morgan fingerprint density at radius 3 is 2.94 bits per heavy atom. The zero-order valence-corrected chi connectivity index (χ0v) is 11.4. The highest BCUT2D eigenvalue weighted by atomic mass is 79.9. The van der Waals surface area contributed by atoms with E-state index in [0.29, 0.717) is 11.6 Å². The third-order valence-electron chi connectivity index (χ3n) is 2.21. The van der Waals surface area contributed by atoms with Crippen molar-refractivity contribution in [3.8, 4) is 0 Å². The number of nitrogens with zero attached hydrogens (tertiary/aromatic N) is 1. The zero-order valence-electron chi connectivity index (χ0n) is 8.23. The van der Waals surface area contributed by atoms with E-state index in [4.69, 9.17) is 11.6 Å². The predicted octanol–water partition coefficient (Wildman–Crippen LogP) is 3.84. The van der Waals surface area contributed by atoms with E-state index in [1.807, 2.05) is 11.4 Å². The molecule has 1 N–H and O–H groups in total. The van der Waals surface area contributed by atoms with Crippen LogP contribution in [0.2, 0.25) is 5.15 Å². The third kappa shape index (κ3) is 2.83. The van der Waals surface area contributed by atoms with Crippen molar-refractivity contribution in [2.75, 3.05) is 0 Å². The SMILES string of the molecule is OC(Cc1sccc1Br)c1ccnc(Cl)c1. The van der Waals surface area contributed by atoms with Crippen LogP contribution in [0.25, 0.3) is 0 Å². The lowest BCUT2D eigenvalue weighted by Gasteiger charge is -2.10. The lowest BCUT2D eigenvalue weighted by molar-refractivity contribution is 0.179. The number of thiophene rings is 1. The minimum atomic E-state index is -0.546. The van der Waals surface area contributed by atoms with Crippen LogP contribution in [-0.2, 0) is 6.42 Å². The summed E-state index contributed by atoms with van der Waals surface area (Å²) in [6, 6.07) is 5.44. The van der Waals surface area contributed by atoms with Gasteiger partial charge in [0.25, 0.3) is 0 Å². The number of hydrogen-bond donors (Lipinski definition) is 1. The molecule has 0 radical (unpaired) electrons. The molecule has 0 amide bonds. The lowest BCUT2D eigenvalue weighted by atomic mass is 10.1. The molecular weight excluding hydrogens is 310 g/mol. The monoisotopic (exact) mass is 317 g/mol. The van der Waals surface area contributed by atoms with Crippen LogP contribution in [0.1, 0.15) is 16.5 Å². The molecule has 2 nitrogen and oxygen atoms in total. The van der Waals surface area contributed by atoms with Crippen molar-refractivity contribution >= 4 is 38.9 Å². The third-order valence-corrected chi connectivity index (χ3v) is 4.36. The van der Waals surface area contributed by atoms with Gasteiger partial charge in [0.15, 0.2) is 0 Å². The molecule has 0 aliphatic carbocycles. The topological polar surface area (TPSA) is 33.1 Å². The van der Waals surface area contributed by atoms with Crippen molar-refractivity contribution in [1.82, 2.24) is 4.98 Å². The summed E-state index contributed by atoms with van der Waals surface area (Å²) in [5.41, 5.74) is 0.792. The van der Waals surface area contributed by atoms with Crippen molar-refractivity contribution in [3.63, 3.8) is 0 Å². The fourth-order valence-corrected chi connectivity index (χ4v) is 3.12. The Hall–Kier alpha value is -0.420. The van der Waals surface area contributed by atoms with Gasteiger partial charge in [-0.25, -0.2) is 4.98 Å². The summed E-state index contributed by atoms with van der Waals surface area (Å²) in [6.07, 6.45) is 1.64. The van der Waals surface area contributed by atoms with Gasteiger partial charge in [-0.05, 0) is 45.1 Å². The molecule has 0 saturated heterocycles. The molecule has 2 heterocycles. The maximum Gasteiger partial charge on any atom is 0.129 e. The summed E-state index contributed by atoms with van der Waals surface area (Å²) in [6.45, 7) is 0. The molecule has 2 aromatic rings. The first kappa shape index (κ1) is 12.0. The Morgan fingerprint density at radius 2 is 2.31 bits per heavy atom. The standard InChI is InChI=1S/C11H9BrClNOS/c12-8-2-4-16-10(8)6-9(15)7-1-3-14-11(13)5-7/h1-5,9,15H,6H2. The number of aliphatic hydroxyl groups excluding tert-OH is 1. The van der Waals surface area contributed by atoms with Crippen LogP contribution in [0.4, 0.5) is 0 Å². The van der Waals surface area contributed by atoms with Crippen LogP contribution in [0.3, 0.4) is 0 Å². The maximum atomic E-state index is 10.0. The van der Waals surface area contributed by atoms with Crippen LogP contribution in [0.15, 0.2) is 34.2 Å². The van der Waals surface area contributed by atoms with Crippen LogP contribution < -0.4 is 0 Å². The second-order valence-corrected chi connectivity index (χ2v) is 5.57. The van der Waals surface area contributed by atoms with E-state index in [1.54, 1.807) is 29.7 Å². The summed E-state index contributed by atoms with van der Waals surface area (Å²) in [7, 11) is 0. The smallest absolute Gasteiger partial charge is 0.129 e. The summed E-state index contributed by atoms with van der Waals surface area (Å²) >= 11 is 10.8. The minimum absolute atomic E-state index is 0.404. The maximum absolute atomic E-state index is 10.0. The van der Waals surface area contributed by atoms with Crippen LogP contribution in [-0.4, -0.2) is 10.1 Å². The predicted molar refractivity (Wildman–Crippen MR) is 69.9 cm³/mol. The van der Waals surface area contributed by atoms with Crippen LogP contribution in [0.5, 0.6) is 0 Å². The molecule has 0 spiro atoms. The summed E-state index contributed by atoms with van der Waals surface area (Å²) < 4.78 is 1.04. The molecule has 1 unspecified atom stereocenters. The Balaban J connectivity index is 2.14. The molecule has 0 bridgehead atoms. The van der Waals surface area contributed by atoms with Gasteiger partial charge < -0.3 is 5.11 Å². The summed E-state index contributed by atoms with van der Waals surface area (Å²) in [4.78, 5) is 5.01. The van der Waals surface area contributed by atoms with E-state index >= 15 is 0 Å². The number of rotatable bonds is 3. The average Bonchev–Trinajstić information content (AvgIpc) is 2.64. The molecule has 0 aliphatic rings. The highest BCUT2D eigenvalue weighted by molar-refractivity contribution is 9.10. The molecule has 0 aliphatic heterocycles. The Kier molecular flexibility index (Phi) is 3.97. The number of hydrogen-bond acceptors (Lipinski definition) is 3. The Labute approximate surface area is 111 Å². The van der Waals surface area contributed by atoms with E-state index < -0.39 is 6.10 Å². The van der Waals surface area contributed by atoms with Crippen LogP contribution in [0, 0.1) is 0 Å². The second-order valence-electron chi connectivity index (χ2n) is 3.32. The lowest BCUT2D eigenvalue weighted by Crippen LogP contribution is -2.01. The second kappa shape index (κ2) is 5.27. The van der Waals surface area contributed by atoms with Crippen molar-refractivity contribution in [3.05, 3.63) is 49.8 Å². The van der Waals surface area contributed by atoms with E-state index in [0.717, 1.165) is 14.9 Å².